The van der Waals surface area contributed by atoms with E-state index in [1.807, 2.05) is 36.4 Å². The van der Waals surface area contributed by atoms with Gasteiger partial charge in [0.15, 0.2) is 17.5 Å². The fourth-order valence-corrected chi connectivity index (χ4v) is 8.37. The molecule has 0 aliphatic rings. The Balaban J connectivity index is 0.917. The normalized spacial score (nSPS) is 11.3. The molecule has 0 radical (unpaired) electrons. The Morgan fingerprint density at radius 3 is 1.20 bits per heavy atom. The highest BCUT2D eigenvalue weighted by Crippen LogP contribution is 2.36. The Labute approximate surface area is 354 Å². The van der Waals surface area contributed by atoms with Crippen molar-refractivity contribution in [3.05, 3.63) is 231 Å². The van der Waals surface area contributed by atoms with Crippen molar-refractivity contribution in [1.29, 1.82) is 0 Å². The summed E-state index contributed by atoms with van der Waals surface area (Å²) >= 11 is 0. The molecule has 0 bridgehead atoms. The first-order valence-corrected chi connectivity index (χ1v) is 20.6. The van der Waals surface area contributed by atoms with Crippen LogP contribution in [0.3, 0.4) is 0 Å². The molecule has 0 fully saturated rings. The van der Waals surface area contributed by atoms with Gasteiger partial charge in [0, 0.05) is 33.2 Å². The molecule has 11 rings (SSSR count). The first-order chi connectivity index (χ1) is 30.2. The molecule has 4 heteroatoms. The Morgan fingerprint density at radius 1 is 0.230 bits per heavy atom. The summed E-state index contributed by atoms with van der Waals surface area (Å²) in [6.07, 6.45) is 0. The number of hydrogen-bond acceptors (Lipinski definition) is 3. The van der Waals surface area contributed by atoms with Gasteiger partial charge in [-0.2, -0.15) is 0 Å². The Hall–Kier alpha value is -8.21. The van der Waals surface area contributed by atoms with E-state index in [2.05, 4.69) is 199 Å². The first kappa shape index (κ1) is 35.9. The lowest BCUT2D eigenvalue weighted by atomic mass is 9.98. The second-order valence-corrected chi connectivity index (χ2v) is 15.3. The van der Waals surface area contributed by atoms with Crippen LogP contribution in [0, 0.1) is 0 Å². The minimum Gasteiger partial charge on any atom is -0.309 e. The smallest absolute Gasteiger partial charge is 0.164 e. The standard InChI is InChI=1S/C57H38N4/c1-4-14-39(15-5-1)45-20-12-21-46(36-45)47-22-13-23-49(37-47)57-59-55(43-18-8-3-9-19-43)58-56(60-57)44-28-26-41(27-29-44)42-30-33-50(34-31-42)61-53-25-11-10-24-51(53)52-38-48(32-35-54(52)61)40-16-6-2-7-17-40/h1-38H. The van der Waals surface area contributed by atoms with Crippen molar-refractivity contribution in [1.82, 2.24) is 19.5 Å². The van der Waals surface area contributed by atoms with Gasteiger partial charge in [-0.1, -0.05) is 188 Å². The fourth-order valence-electron chi connectivity index (χ4n) is 8.37. The van der Waals surface area contributed by atoms with Crippen LogP contribution in [-0.2, 0) is 0 Å². The van der Waals surface area contributed by atoms with Gasteiger partial charge in [0.2, 0.25) is 0 Å². The van der Waals surface area contributed by atoms with Crippen LogP contribution in [0.25, 0.3) is 106 Å². The van der Waals surface area contributed by atoms with Crippen molar-refractivity contribution in [3.63, 3.8) is 0 Å². The lowest BCUT2D eigenvalue weighted by molar-refractivity contribution is 1.07. The van der Waals surface area contributed by atoms with E-state index in [0.717, 1.165) is 44.6 Å². The van der Waals surface area contributed by atoms with Crippen molar-refractivity contribution >= 4 is 21.8 Å². The van der Waals surface area contributed by atoms with Crippen LogP contribution in [0.2, 0.25) is 0 Å². The third-order valence-electron chi connectivity index (χ3n) is 11.5. The minimum absolute atomic E-state index is 0.629. The summed E-state index contributed by atoms with van der Waals surface area (Å²) in [4.78, 5) is 15.1. The van der Waals surface area contributed by atoms with Crippen LogP contribution in [0.5, 0.6) is 0 Å². The summed E-state index contributed by atoms with van der Waals surface area (Å²) in [6, 6.07) is 81.2. The molecule has 0 saturated carbocycles. The maximum absolute atomic E-state index is 5.09. The Kier molecular flexibility index (Phi) is 9.14. The molecule has 0 aliphatic carbocycles. The fraction of sp³-hybridized carbons (Fsp3) is 0. The zero-order valence-corrected chi connectivity index (χ0v) is 33.2. The summed E-state index contributed by atoms with van der Waals surface area (Å²) < 4.78 is 2.37. The molecule has 4 nitrogen and oxygen atoms in total. The third-order valence-corrected chi connectivity index (χ3v) is 11.5. The first-order valence-electron chi connectivity index (χ1n) is 20.6. The molecule has 11 aromatic rings. The Bertz CT molecular complexity index is 3320. The highest BCUT2D eigenvalue weighted by Gasteiger charge is 2.16. The molecule has 0 spiro atoms. The van der Waals surface area contributed by atoms with Gasteiger partial charge in [-0.05, 0) is 87.0 Å². The maximum atomic E-state index is 5.09. The quantitative estimate of drug-likeness (QED) is 0.154. The third kappa shape index (κ3) is 6.96. The predicted octanol–water partition coefficient (Wildman–Crippen LogP) is 14.6. The Morgan fingerprint density at radius 2 is 0.590 bits per heavy atom. The molecule has 0 unspecified atom stereocenters. The van der Waals surface area contributed by atoms with Crippen molar-refractivity contribution in [3.8, 4) is 84.4 Å². The second-order valence-electron chi connectivity index (χ2n) is 15.3. The van der Waals surface area contributed by atoms with Gasteiger partial charge in [0.05, 0.1) is 11.0 Å². The van der Waals surface area contributed by atoms with Crippen LogP contribution < -0.4 is 0 Å². The van der Waals surface area contributed by atoms with Gasteiger partial charge in [0.25, 0.3) is 0 Å². The highest BCUT2D eigenvalue weighted by atomic mass is 15.0. The molecule has 0 atom stereocenters. The maximum Gasteiger partial charge on any atom is 0.164 e. The van der Waals surface area contributed by atoms with Gasteiger partial charge >= 0.3 is 0 Å². The van der Waals surface area contributed by atoms with Crippen molar-refractivity contribution in [2.45, 2.75) is 0 Å². The summed E-state index contributed by atoms with van der Waals surface area (Å²) in [6.45, 7) is 0. The predicted molar refractivity (Wildman–Crippen MR) is 252 cm³/mol. The average molecular weight is 779 g/mol. The van der Waals surface area contributed by atoms with Crippen LogP contribution in [0.1, 0.15) is 0 Å². The molecular weight excluding hydrogens is 741 g/mol. The van der Waals surface area contributed by atoms with Crippen molar-refractivity contribution in [2.75, 3.05) is 0 Å². The lowest BCUT2D eigenvalue weighted by Gasteiger charge is -2.11. The molecule has 2 heterocycles. The van der Waals surface area contributed by atoms with E-state index in [0.29, 0.717) is 17.5 Å². The van der Waals surface area contributed by atoms with Gasteiger partial charge in [-0.25, -0.2) is 15.0 Å². The number of rotatable bonds is 8. The van der Waals surface area contributed by atoms with E-state index in [1.54, 1.807) is 0 Å². The van der Waals surface area contributed by atoms with E-state index in [9.17, 15) is 0 Å². The molecule has 2 aromatic heterocycles. The number of nitrogens with zero attached hydrogens (tertiary/aromatic N) is 4. The molecule has 286 valence electrons. The zero-order valence-electron chi connectivity index (χ0n) is 33.2. The van der Waals surface area contributed by atoms with E-state index in [-0.39, 0.29) is 0 Å². The van der Waals surface area contributed by atoms with E-state index in [1.165, 1.54) is 44.1 Å². The molecular formula is C57H38N4. The van der Waals surface area contributed by atoms with Crippen molar-refractivity contribution in [2.24, 2.45) is 0 Å². The van der Waals surface area contributed by atoms with E-state index in [4.69, 9.17) is 15.0 Å². The molecule has 0 aliphatic heterocycles. The van der Waals surface area contributed by atoms with Crippen LogP contribution in [-0.4, -0.2) is 19.5 Å². The number of para-hydroxylation sites is 1. The second kappa shape index (κ2) is 15.5. The number of aromatic nitrogens is 4. The summed E-state index contributed by atoms with van der Waals surface area (Å²) in [5, 5.41) is 2.49. The summed E-state index contributed by atoms with van der Waals surface area (Å²) in [7, 11) is 0. The van der Waals surface area contributed by atoms with Crippen LogP contribution in [0.4, 0.5) is 0 Å². The lowest BCUT2D eigenvalue weighted by Crippen LogP contribution is -2.00. The van der Waals surface area contributed by atoms with Gasteiger partial charge in [-0.15, -0.1) is 0 Å². The van der Waals surface area contributed by atoms with E-state index >= 15 is 0 Å². The van der Waals surface area contributed by atoms with Crippen LogP contribution in [0.15, 0.2) is 231 Å². The molecule has 0 amide bonds. The molecule has 9 aromatic carbocycles. The van der Waals surface area contributed by atoms with Gasteiger partial charge < -0.3 is 4.57 Å². The molecule has 0 N–H and O–H groups in total. The average Bonchev–Trinajstić information content (AvgIpc) is 3.68. The monoisotopic (exact) mass is 778 g/mol. The highest BCUT2D eigenvalue weighted by molar-refractivity contribution is 6.10. The zero-order chi connectivity index (χ0) is 40.5. The molecule has 61 heavy (non-hydrogen) atoms. The largest absolute Gasteiger partial charge is 0.309 e. The number of fused-ring (bicyclic) bond motifs is 3. The number of benzene rings is 9. The number of hydrogen-bond donors (Lipinski definition) is 0. The van der Waals surface area contributed by atoms with Crippen molar-refractivity contribution < 1.29 is 0 Å². The summed E-state index contributed by atoms with van der Waals surface area (Å²) in [5.41, 5.74) is 15.6. The van der Waals surface area contributed by atoms with Gasteiger partial charge in [0.1, 0.15) is 0 Å². The SMILES string of the molecule is c1ccc(-c2cccc(-c3cccc(-c4nc(-c5ccccc5)nc(-c5ccc(-c6ccc(-n7c8ccccc8c8cc(-c9ccccc9)ccc87)cc6)cc5)n4)c3)c2)cc1. The topological polar surface area (TPSA) is 43.6 Å². The molecule has 0 saturated heterocycles. The van der Waals surface area contributed by atoms with Gasteiger partial charge in [-0.3, -0.25) is 0 Å². The van der Waals surface area contributed by atoms with Crippen LogP contribution >= 0.6 is 0 Å². The van der Waals surface area contributed by atoms with E-state index < -0.39 is 0 Å². The minimum atomic E-state index is 0.629. The summed E-state index contributed by atoms with van der Waals surface area (Å²) in [5.74, 6) is 1.90.